The minimum absolute atomic E-state index is 0. The van der Waals surface area contributed by atoms with Gasteiger partial charge in [-0.2, -0.15) is 0 Å². The Hall–Kier alpha value is -4.21. The SMILES string of the molecule is Br.Br.CCC1(OC(=O)COc2c(C)cc(-[s+]3c4ccccc4c4ccccc43)cc2C)CCCC1.Cc1cc(-[s+]2c3ccccc3c3ccccc32)cc(C)c1O. The van der Waals surface area contributed by atoms with Gasteiger partial charge in [0.05, 0.1) is 0 Å². The van der Waals surface area contributed by atoms with E-state index in [1.165, 1.54) is 50.1 Å². The summed E-state index contributed by atoms with van der Waals surface area (Å²) in [6.45, 7) is 10.1. The number of carbonyl (C=O) groups is 1. The van der Waals surface area contributed by atoms with Crippen molar-refractivity contribution in [3.05, 3.63) is 144 Å². The first-order valence-electron chi connectivity index (χ1n) is 19.3. The second-order valence-electron chi connectivity index (χ2n) is 14.9. The van der Waals surface area contributed by atoms with Crippen LogP contribution in [-0.2, 0) is 9.53 Å². The molecule has 1 aliphatic carbocycles. The molecular formula is C49H50Br2O4S2+2. The third-order valence-corrected chi connectivity index (χ3v) is 15.8. The van der Waals surface area contributed by atoms with Crippen LogP contribution in [0.5, 0.6) is 11.5 Å². The molecule has 0 bridgehead atoms. The number of ether oxygens (including phenoxy) is 2. The fourth-order valence-corrected chi connectivity index (χ4v) is 13.6. The van der Waals surface area contributed by atoms with Crippen molar-refractivity contribution >= 4 is 101 Å². The molecule has 1 saturated carbocycles. The van der Waals surface area contributed by atoms with E-state index >= 15 is 0 Å². The van der Waals surface area contributed by atoms with Gasteiger partial charge in [-0.25, -0.2) is 4.79 Å². The third kappa shape index (κ3) is 8.11. The summed E-state index contributed by atoms with van der Waals surface area (Å²) < 4.78 is 17.4. The predicted molar refractivity (Wildman–Crippen MR) is 255 cm³/mol. The number of halogens is 2. The van der Waals surface area contributed by atoms with Gasteiger partial charge >= 0.3 is 5.97 Å². The number of esters is 1. The van der Waals surface area contributed by atoms with Crippen molar-refractivity contribution in [1.29, 1.82) is 0 Å². The summed E-state index contributed by atoms with van der Waals surface area (Å²) in [4.78, 5) is 15.1. The largest absolute Gasteiger partial charge is 0.507 e. The normalized spacial score (nSPS) is 13.2. The standard InChI is InChI=1S/C29H31O3S.C20H16OS.2BrH/c1-4-29(15-9-10-16-29)32-27(30)19-31-28-20(2)17-22(18-21(28)3)33-25-13-7-5-11-23(25)24-12-6-8-14-26(24)33;1-13-11-15(12-14(2)20(13)21)22-18-9-5-3-7-16(18)17-8-4-6-10-19(17)22;;/h5-8,11-14,17-18H,4,9-10,15-16,19H2,1-3H3;3-12H,1-2H3;2*1H/q+1;;;/p+1. The van der Waals surface area contributed by atoms with Crippen LogP contribution in [0.25, 0.3) is 50.1 Å². The van der Waals surface area contributed by atoms with E-state index in [-0.39, 0.29) is 73.1 Å². The van der Waals surface area contributed by atoms with Crippen LogP contribution < -0.4 is 4.74 Å². The molecule has 0 spiro atoms. The number of aryl methyl sites for hydroxylation is 4. The first-order chi connectivity index (χ1) is 26.7. The minimum atomic E-state index is -0.279. The van der Waals surface area contributed by atoms with E-state index in [2.05, 4.69) is 142 Å². The number of benzene rings is 6. The average molecular weight is 927 g/mol. The maximum Gasteiger partial charge on any atom is 0.344 e. The van der Waals surface area contributed by atoms with Gasteiger partial charge in [-0.1, -0.05) is 55.5 Å². The van der Waals surface area contributed by atoms with Crippen LogP contribution in [0.3, 0.4) is 0 Å². The maximum atomic E-state index is 12.6. The predicted octanol–water partition coefficient (Wildman–Crippen LogP) is 15.2. The van der Waals surface area contributed by atoms with Gasteiger partial charge in [-0.3, -0.25) is 0 Å². The van der Waals surface area contributed by atoms with Gasteiger partial charge in [0.2, 0.25) is 0 Å². The van der Waals surface area contributed by atoms with Crippen molar-refractivity contribution < 1.29 is 19.4 Å². The molecule has 0 unspecified atom stereocenters. The number of rotatable bonds is 7. The number of hydrogen-bond acceptors (Lipinski definition) is 4. The highest BCUT2D eigenvalue weighted by molar-refractivity contribution is 8.93. The molecule has 57 heavy (non-hydrogen) atoms. The summed E-state index contributed by atoms with van der Waals surface area (Å²) in [7, 11) is -0.220. The molecule has 0 radical (unpaired) electrons. The molecule has 1 aliphatic rings. The second kappa shape index (κ2) is 17.7. The highest BCUT2D eigenvalue weighted by Crippen LogP contribution is 2.51. The van der Waals surface area contributed by atoms with Gasteiger partial charge in [-0.05, 0) is 131 Å². The Morgan fingerprint density at radius 3 is 1.32 bits per heavy atom. The Bertz CT molecular complexity index is 2570. The summed E-state index contributed by atoms with van der Waals surface area (Å²) in [6.07, 6.45) is 5.07. The first-order valence-corrected chi connectivity index (χ1v) is 21.7. The van der Waals surface area contributed by atoms with Gasteiger partial charge in [-0.15, -0.1) is 34.0 Å². The van der Waals surface area contributed by atoms with Crippen LogP contribution in [0, 0.1) is 27.7 Å². The quantitative estimate of drug-likeness (QED) is 0.128. The monoisotopic (exact) mass is 924 g/mol. The zero-order valence-electron chi connectivity index (χ0n) is 33.1. The van der Waals surface area contributed by atoms with E-state index in [1.807, 2.05) is 13.8 Å². The molecule has 2 aromatic heterocycles. The van der Waals surface area contributed by atoms with Gasteiger partial charge in [0.1, 0.15) is 17.1 Å². The van der Waals surface area contributed by atoms with Crippen LogP contribution >= 0.6 is 54.9 Å². The van der Waals surface area contributed by atoms with Crippen molar-refractivity contribution in [1.82, 2.24) is 0 Å². The van der Waals surface area contributed by atoms with Crippen molar-refractivity contribution in [2.24, 2.45) is 0 Å². The van der Waals surface area contributed by atoms with Crippen molar-refractivity contribution in [2.75, 3.05) is 6.61 Å². The van der Waals surface area contributed by atoms with Crippen LogP contribution in [-0.4, -0.2) is 23.3 Å². The van der Waals surface area contributed by atoms with E-state index in [4.69, 9.17) is 9.47 Å². The molecular weight excluding hydrogens is 876 g/mol. The molecule has 0 amide bonds. The number of fused-ring (bicyclic) bond motifs is 6. The maximum absolute atomic E-state index is 12.6. The van der Waals surface area contributed by atoms with Gasteiger partial charge in [0.25, 0.3) is 0 Å². The number of thiophene rings is 2. The number of aromatic hydroxyl groups is 1. The first kappa shape index (κ1) is 42.4. The number of phenolic OH excluding ortho intramolecular Hbond substituents is 1. The molecule has 9 rings (SSSR count). The smallest absolute Gasteiger partial charge is 0.344 e. The fraction of sp³-hybridized carbons (Fsp3) is 0.245. The van der Waals surface area contributed by atoms with Gasteiger partial charge in [0.15, 0.2) is 35.2 Å². The molecule has 8 heteroatoms. The molecule has 0 aliphatic heterocycles. The van der Waals surface area contributed by atoms with Crippen LogP contribution in [0.1, 0.15) is 61.3 Å². The summed E-state index contributed by atoms with van der Waals surface area (Å²) >= 11 is 0. The van der Waals surface area contributed by atoms with Crippen LogP contribution in [0.2, 0.25) is 0 Å². The van der Waals surface area contributed by atoms with Gasteiger partial charge < -0.3 is 14.6 Å². The molecule has 2 heterocycles. The Morgan fingerprint density at radius 2 is 0.947 bits per heavy atom. The Balaban J connectivity index is 0.000000200. The molecule has 8 aromatic rings. The molecule has 0 saturated heterocycles. The lowest BCUT2D eigenvalue weighted by Crippen LogP contribution is -2.33. The fourth-order valence-electron chi connectivity index (χ4n) is 8.45. The summed E-state index contributed by atoms with van der Waals surface area (Å²) in [5.74, 6) is 0.937. The van der Waals surface area contributed by atoms with Crippen LogP contribution in [0.4, 0.5) is 0 Å². The van der Waals surface area contributed by atoms with Crippen molar-refractivity contribution in [2.45, 2.75) is 72.3 Å². The van der Waals surface area contributed by atoms with Crippen molar-refractivity contribution in [3.63, 3.8) is 0 Å². The number of phenols is 1. The summed E-state index contributed by atoms with van der Waals surface area (Å²) in [6, 6.07) is 43.4. The molecule has 4 nitrogen and oxygen atoms in total. The zero-order valence-corrected chi connectivity index (χ0v) is 38.2. The van der Waals surface area contributed by atoms with Crippen LogP contribution in [0.15, 0.2) is 121 Å². The summed E-state index contributed by atoms with van der Waals surface area (Å²) in [5.41, 5.74) is 3.73. The van der Waals surface area contributed by atoms with Crippen molar-refractivity contribution in [3.8, 4) is 21.3 Å². The molecule has 1 N–H and O–H groups in total. The second-order valence-corrected chi connectivity index (χ2v) is 18.8. The molecule has 0 atom stereocenters. The lowest BCUT2D eigenvalue weighted by Gasteiger charge is -2.27. The third-order valence-electron chi connectivity index (χ3n) is 11.2. The van der Waals surface area contributed by atoms with Gasteiger partial charge in [0, 0.05) is 66.8 Å². The zero-order chi connectivity index (χ0) is 38.3. The Labute approximate surface area is 361 Å². The number of hydrogen-bond donors (Lipinski definition) is 1. The summed E-state index contributed by atoms with van der Waals surface area (Å²) in [5, 5.41) is 15.4. The molecule has 294 valence electrons. The molecule has 6 aromatic carbocycles. The van der Waals surface area contributed by atoms with E-state index in [1.54, 1.807) is 0 Å². The number of carbonyl (C=O) groups excluding carboxylic acids is 1. The van der Waals surface area contributed by atoms with E-state index < -0.39 is 0 Å². The molecule has 1 fully saturated rings. The van der Waals surface area contributed by atoms with E-state index in [0.717, 1.165) is 60.1 Å². The minimum Gasteiger partial charge on any atom is -0.507 e. The Kier molecular flexibility index (Phi) is 13.2. The van der Waals surface area contributed by atoms with E-state index in [9.17, 15) is 9.90 Å². The highest BCUT2D eigenvalue weighted by Gasteiger charge is 2.36. The van der Waals surface area contributed by atoms with E-state index in [0.29, 0.717) is 5.75 Å². The highest BCUT2D eigenvalue weighted by atomic mass is 79.9. The lowest BCUT2D eigenvalue weighted by molar-refractivity contribution is -0.162. The average Bonchev–Trinajstić information content (AvgIpc) is 3.90. The Morgan fingerprint density at radius 1 is 0.596 bits per heavy atom. The topological polar surface area (TPSA) is 55.8 Å². The lowest BCUT2D eigenvalue weighted by atomic mass is 9.99.